The van der Waals surface area contributed by atoms with Gasteiger partial charge in [0.05, 0.1) is 12.2 Å². The smallest absolute Gasteiger partial charge is 0.187 e. The van der Waals surface area contributed by atoms with Gasteiger partial charge in [0.25, 0.3) is 0 Å². The molecule has 1 aliphatic heterocycles. The van der Waals surface area contributed by atoms with E-state index in [1.54, 1.807) is 12.2 Å². The third-order valence-electron chi connectivity index (χ3n) is 8.47. The molecule has 0 radical (unpaired) electrons. The number of carbonyl (C=O) groups excluding carboxylic acids is 1. The van der Waals surface area contributed by atoms with Crippen LogP contribution in [0.5, 0.6) is 0 Å². The van der Waals surface area contributed by atoms with Gasteiger partial charge in [-0.1, -0.05) is 137 Å². The Kier molecular flexibility index (Phi) is 23.3. The second kappa shape index (κ2) is 26.1. The summed E-state index contributed by atoms with van der Waals surface area (Å²) in [5.41, 5.74) is 7.13. The highest BCUT2D eigenvalue weighted by Gasteiger charge is 2.45. The fraction of sp³-hybridized carbons (Fsp3) is 0.457. The Balaban J connectivity index is 2.57. The molecule has 0 aromatic heterocycles. The second-order valence-corrected chi connectivity index (χ2v) is 14.6. The zero-order valence-corrected chi connectivity index (χ0v) is 33.5. The minimum absolute atomic E-state index is 0.493. The van der Waals surface area contributed by atoms with E-state index in [1.807, 2.05) is 76.3 Å². The van der Waals surface area contributed by atoms with Crippen LogP contribution in [0.15, 0.2) is 142 Å². The highest BCUT2D eigenvalue weighted by molar-refractivity contribution is 5.78. The van der Waals surface area contributed by atoms with Crippen LogP contribution in [0.3, 0.4) is 0 Å². The van der Waals surface area contributed by atoms with Crippen LogP contribution in [-0.2, 0) is 14.3 Å². The largest absolute Gasteiger partial charge is 0.394 e. The minimum Gasteiger partial charge on any atom is -0.394 e. The van der Waals surface area contributed by atoms with Gasteiger partial charge in [0.2, 0.25) is 0 Å². The lowest BCUT2D eigenvalue weighted by molar-refractivity contribution is -0.323. The first-order valence-electron chi connectivity index (χ1n) is 18.6. The molecule has 292 valence electrons. The summed E-state index contributed by atoms with van der Waals surface area (Å²) in [7, 11) is 0. The number of aldehydes is 1. The molecule has 0 unspecified atom stereocenters. The molecule has 0 saturated carbocycles. The van der Waals surface area contributed by atoms with E-state index in [0.29, 0.717) is 12.0 Å². The number of hydrogen-bond donors (Lipinski definition) is 4. The molecule has 0 aromatic carbocycles. The van der Waals surface area contributed by atoms with E-state index in [1.165, 1.54) is 22.3 Å². The quantitative estimate of drug-likeness (QED) is 0.0403. The third-order valence-corrected chi connectivity index (χ3v) is 8.47. The molecule has 7 nitrogen and oxygen atoms in total. The monoisotopic (exact) mass is 730 g/mol. The average molecular weight is 731 g/mol. The van der Waals surface area contributed by atoms with Gasteiger partial charge < -0.3 is 29.9 Å². The van der Waals surface area contributed by atoms with Crippen LogP contribution in [-0.4, -0.2) is 69.6 Å². The van der Waals surface area contributed by atoms with Crippen LogP contribution < -0.4 is 0 Å². The predicted octanol–water partition coefficient (Wildman–Crippen LogP) is 9.14. The summed E-state index contributed by atoms with van der Waals surface area (Å²) in [5, 5.41) is 39.7. The second-order valence-electron chi connectivity index (χ2n) is 14.6. The molecule has 0 aliphatic carbocycles. The van der Waals surface area contributed by atoms with Crippen molar-refractivity contribution in [3.8, 4) is 0 Å². The summed E-state index contributed by atoms with van der Waals surface area (Å²) < 4.78 is 11.4. The summed E-state index contributed by atoms with van der Waals surface area (Å²) in [6, 6.07) is 0. The molecule has 5 atom stereocenters. The van der Waals surface area contributed by atoms with Crippen LogP contribution in [0, 0.1) is 0 Å². The van der Waals surface area contributed by atoms with Crippen LogP contribution in [0.25, 0.3) is 0 Å². The summed E-state index contributed by atoms with van der Waals surface area (Å²) in [6.07, 6.45) is 32.9. The lowest BCUT2D eigenvalue weighted by atomic mass is 9.96. The first kappa shape index (κ1) is 47.3. The molecule has 4 N–H and O–H groups in total. The maximum absolute atomic E-state index is 11.6. The third kappa shape index (κ3) is 21.6. The van der Waals surface area contributed by atoms with Gasteiger partial charge >= 0.3 is 0 Å². The number of allylic oxidation sites excluding steroid dienone is 24. The molecule has 1 aliphatic rings. The molecule has 7 heteroatoms. The highest BCUT2D eigenvalue weighted by atomic mass is 16.7. The van der Waals surface area contributed by atoms with Gasteiger partial charge in [-0.2, -0.15) is 0 Å². The van der Waals surface area contributed by atoms with Crippen molar-refractivity contribution in [3.63, 3.8) is 0 Å². The van der Waals surface area contributed by atoms with Crippen LogP contribution >= 0.6 is 0 Å². The topological polar surface area (TPSA) is 116 Å². The molecular weight excluding hydrogens is 664 g/mol. The zero-order chi connectivity index (χ0) is 39.8. The Bertz CT molecular complexity index is 1500. The maximum atomic E-state index is 11.6. The fourth-order valence-corrected chi connectivity index (χ4v) is 5.15. The molecular formula is C46H66O7. The van der Waals surface area contributed by atoms with E-state index in [2.05, 4.69) is 77.2 Å². The van der Waals surface area contributed by atoms with Crippen molar-refractivity contribution < 1.29 is 34.7 Å². The highest BCUT2D eigenvalue weighted by Crippen LogP contribution is 2.28. The summed E-state index contributed by atoms with van der Waals surface area (Å²) in [6.45, 7) is 17.9. The van der Waals surface area contributed by atoms with Crippen molar-refractivity contribution in [2.75, 3.05) is 6.61 Å². The van der Waals surface area contributed by atoms with Gasteiger partial charge in [0, 0.05) is 5.57 Å². The molecule has 0 aromatic rings. The van der Waals surface area contributed by atoms with Gasteiger partial charge in [-0.25, -0.2) is 0 Å². The molecule has 0 spiro atoms. The standard InChI is InChI=1S/C46H66O7/c1-34(2)18-12-20-36(4)22-14-24-37(5)23-13-21-35(3)19-10-11-29-40(32-47)30-16-27-38(6)25-15-26-39(7)28-17-31-46(8,9)53-45-44(51)43(50)42(49)41(33-48)52-45/h10-11,13-16,18-19,21-27,29-30,32,41-45,48-51H,12,17,20,28,31,33H2,1-9H3/b11-10+,21-13+,24-14+,25-15+,30-16+,35-19+,36-22+,37-23+,38-27+,39-26+,40-29-/t41-,42-,43+,44-,45+/m1/s1. The van der Waals surface area contributed by atoms with Crippen LogP contribution in [0.1, 0.15) is 94.4 Å². The lowest BCUT2D eigenvalue weighted by Crippen LogP contribution is -2.60. The zero-order valence-electron chi connectivity index (χ0n) is 33.5. The van der Waals surface area contributed by atoms with Crippen molar-refractivity contribution in [3.05, 3.63) is 142 Å². The number of hydrogen-bond acceptors (Lipinski definition) is 7. The van der Waals surface area contributed by atoms with E-state index in [-0.39, 0.29) is 0 Å². The molecule has 1 saturated heterocycles. The average Bonchev–Trinajstić information content (AvgIpc) is 3.09. The maximum Gasteiger partial charge on any atom is 0.187 e. The predicted molar refractivity (Wildman–Crippen MR) is 220 cm³/mol. The number of carbonyl (C=O) groups is 1. The van der Waals surface area contributed by atoms with Gasteiger partial charge in [-0.05, 0) is 94.4 Å². The first-order valence-corrected chi connectivity index (χ1v) is 18.6. The number of ether oxygens (including phenoxy) is 2. The van der Waals surface area contributed by atoms with Crippen LogP contribution in [0.4, 0.5) is 0 Å². The van der Waals surface area contributed by atoms with E-state index in [4.69, 9.17) is 9.47 Å². The van der Waals surface area contributed by atoms with Gasteiger partial charge in [0.1, 0.15) is 30.7 Å². The van der Waals surface area contributed by atoms with E-state index in [9.17, 15) is 25.2 Å². The fourth-order valence-electron chi connectivity index (χ4n) is 5.15. The Morgan fingerprint density at radius 3 is 1.72 bits per heavy atom. The Labute approximate surface area is 319 Å². The van der Waals surface area contributed by atoms with Gasteiger partial charge in [-0.3, -0.25) is 4.79 Å². The summed E-state index contributed by atoms with van der Waals surface area (Å²) >= 11 is 0. The van der Waals surface area contributed by atoms with Gasteiger partial charge in [-0.15, -0.1) is 0 Å². The van der Waals surface area contributed by atoms with Crippen LogP contribution in [0.2, 0.25) is 0 Å². The SMILES string of the molecule is CC(C)=CCC/C(C)=C/C=C/C(C)=C/C=C/C(C)=C/C=C/C=C(C=O)/C=C/C=C(C)/C=C/C=C(\C)CCCC(C)(C)O[C@@H]1O[C@H](CO)[C@@H](O)[C@H](O)[C@H]1O. The molecule has 1 fully saturated rings. The number of aliphatic hydroxyl groups excluding tert-OH is 4. The Morgan fingerprint density at radius 1 is 0.660 bits per heavy atom. The van der Waals surface area contributed by atoms with Crippen molar-refractivity contribution in [2.45, 2.75) is 131 Å². The molecule has 0 bridgehead atoms. The Hall–Kier alpha value is -3.69. The molecule has 0 amide bonds. The lowest BCUT2D eigenvalue weighted by Gasteiger charge is -2.42. The number of rotatable bonds is 21. The molecule has 1 heterocycles. The number of aliphatic hydroxyl groups is 4. The van der Waals surface area contributed by atoms with Crippen molar-refractivity contribution in [1.82, 2.24) is 0 Å². The minimum atomic E-state index is -1.46. The van der Waals surface area contributed by atoms with Crippen molar-refractivity contribution in [2.24, 2.45) is 0 Å². The van der Waals surface area contributed by atoms with Crippen molar-refractivity contribution >= 4 is 6.29 Å². The van der Waals surface area contributed by atoms with E-state index in [0.717, 1.165) is 43.1 Å². The summed E-state index contributed by atoms with van der Waals surface area (Å²) in [4.78, 5) is 11.6. The summed E-state index contributed by atoms with van der Waals surface area (Å²) in [5.74, 6) is 0. The van der Waals surface area contributed by atoms with E-state index < -0.39 is 42.9 Å². The molecule has 53 heavy (non-hydrogen) atoms. The normalized spacial score (nSPS) is 23.5. The molecule has 1 rings (SSSR count). The van der Waals surface area contributed by atoms with E-state index >= 15 is 0 Å². The van der Waals surface area contributed by atoms with Crippen molar-refractivity contribution in [1.29, 1.82) is 0 Å². The van der Waals surface area contributed by atoms with Gasteiger partial charge in [0.15, 0.2) is 6.29 Å². The first-order chi connectivity index (χ1) is 25.1. The Morgan fingerprint density at radius 2 is 1.17 bits per heavy atom.